The topological polar surface area (TPSA) is 75.7 Å². The van der Waals surface area contributed by atoms with Gasteiger partial charge in [-0.25, -0.2) is 8.42 Å². The van der Waals surface area contributed by atoms with Crippen molar-refractivity contribution in [3.63, 3.8) is 0 Å². The summed E-state index contributed by atoms with van der Waals surface area (Å²) in [5.41, 5.74) is 1.56. The summed E-state index contributed by atoms with van der Waals surface area (Å²) in [6.07, 6.45) is 3.34. The minimum Gasteiger partial charge on any atom is -0.489 e. The van der Waals surface area contributed by atoms with E-state index in [0.29, 0.717) is 30.9 Å². The molecule has 0 radical (unpaired) electrons. The van der Waals surface area contributed by atoms with Crippen molar-refractivity contribution >= 4 is 33.4 Å². The van der Waals surface area contributed by atoms with Gasteiger partial charge in [-0.15, -0.1) is 11.8 Å². The van der Waals surface area contributed by atoms with Gasteiger partial charge in [-0.1, -0.05) is 24.6 Å². The maximum Gasteiger partial charge on any atom is 0.243 e. The molecule has 0 spiro atoms. The number of thioether (sulfide) groups is 1. The van der Waals surface area contributed by atoms with Crippen molar-refractivity contribution in [2.24, 2.45) is 0 Å². The lowest BCUT2D eigenvalue weighted by molar-refractivity contribution is -0.115. The van der Waals surface area contributed by atoms with Crippen LogP contribution in [0.5, 0.6) is 5.75 Å². The fourth-order valence-electron chi connectivity index (χ4n) is 3.92. The minimum absolute atomic E-state index is 0.106. The Morgan fingerprint density at radius 2 is 1.87 bits per heavy atom. The van der Waals surface area contributed by atoms with Gasteiger partial charge >= 0.3 is 0 Å². The molecule has 2 aliphatic heterocycles. The predicted octanol–water partition coefficient (Wildman–Crippen LogP) is 4.30. The smallest absolute Gasteiger partial charge is 0.243 e. The predicted molar refractivity (Wildman–Crippen MR) is 123 cm³/mol. The Balaban J connectivity index is 1.59. The first-order valence-corrected chi connectivity index (χ1v) is 13.0. The Morgan fingerprint density at radius 3 is 2.58 bits per heavy atom. The molecule has 0 aromatic heterocycles. The van der Waals surface area contributed by atoms with Crippen LogP contribution < -0.4 is 10.1 Å². The van der Waals surface area contributed by atoms with E-state index in [9.17, 15) is 13.2 Å². The molecule has 166 valence electrons. The van der Waals surface area contributed by atoms with E-state index in [0.717, 1.165) is 29.7 Å². The summed E-state index contributed by atoms with van der Waals surface area (Å²) in [6, 6.07) is 12.7. The molecule has 0 bridgehead atoms. The third kappa shape index (κ3) is 4.91. The van der Waals surface area contributed by atoms with Crippen LogP contribution in [0.25, 0.3) is 0 Å². The molecule has 4 rings (SSSR count). The molecule has 1 atom stereocenters. The van der Waals surface area contributed by atoms with Crippen molar-refractivity contribution < 1.29 is 17.9 Å². The summed E-state index contributed by atoms with van der Waals surface area (Å²) in [5, 5.41) is 2.68. The standard InChI is InChI=1S/C23H28N2O4S2/c1-16(2)29-20-11-10-18(31(27,28)25-12-6-3-7-13-25)15-19(20)24-23(26)22-14-17-8-4-5-9-21(17)30-22/h4-5,8-11,15-16,22H,3,6-7,12-14H2,1-2H3,(H,24,26)/t22-/m0/s1. The van der Waals surface area contributed by atoms with Crippen molar-refractivity contribution in [1.29, 1.82) is 0 Å². The van der Waals surface area contributed by atoms with Gasteiger partial charge in [0.05, 0.1) is 21.9 Å². The van der Waals surface area contributed by atoms with E-state index in [2.05, 4.69) is 5.32 Å². The third-order valence-corrected chi connectivity index (χ3v) is 8.68. The summed E-state index contributed by atoms with van der Waals surface area (Å²) in [5.74, 6) is 0.323. The van der Waals surface area contributed by atoms with Gasteiger partial charge in [0.2, 0.25) is 15.9 Å². The molecule has 1 N–H and O–H groups in total. The van der Waals surface area contributed by atoms with Gasteiger partial charge < -0.3 is 10.1 Å². The number of amides is 1. The molecule has 2 aromatic carbocycles. The van der Waals surface area contributed by atoms with Gasteiger partial charge in [0, 0.05) is 18.0 Å². The lowest BCUT2D eigenvalue weighted by Crippen LogP contribution is -2.35. The molecular weight excluding hydrogens is 432 g/mol. The number of hydrogen-bond acceptors (Lipinski definition) is 5. The van der Waals surface area contributed by atoms with Gasteiger partial charge in [0.15, 0.2) is 0 Å². The highest BCUT2D eigenvalue weighted by atomic mass is 32.2. The number of hydrogen-bond donors (Lipinski definition) is 1. The summed E-state index contributed by atoms with van der Waals surface area (Å²) < 4.78 is 33.6. The number of benzene rings is 2. The average Bonchev–Trinajstić information content (AvgIpc) is 3.19. The second kappa shape index (κ2) is 9.22. The van der Waals surface area contributed by atoms with Crippen LogP contribution in [0.15, 0.2) is 52.3 Å². The third-order valence-electron chi connectivity index (χ3n) is 5.46. The molecule has 1 fully saturated rings. The quantitative estimate of drug-likeness (QED) is 0.695. The van der Waals surface area contributed by atoms with Crippen LogP contribution in [0.2, 0.25) is 0 Å². The van der Waals surface area contributed by atoms with Gasteiger partial charge in [-0.3, -0.25) is 4.79 Å². The van der Waals surface area contributed by atoms with Crippen LogP contribution in [0.3, 0.4) is 0 Å². The Kier molecular flexibility index (Phi) is 6.60. The van der Waals surface area contributed by atoms with Crippen LogP contribution in [-0.4, -0.2) is 43.1 Å². The molecule has 0 saturated carbocycles. The maximum absolute atomic E-state index is 13.1. The Hall–Kier alpha value is -2.03. The van der Waals surface area contributed by atoms with Crippen molar-refractivity contribution in [2.45, 2.75) is 60.7 Å². The highest BCUT2D eigenvalue weighted by molar-refractivity contribution is 8.01. The fraction of sp³-hybridized carbons (Fsp3) is 0.435. The molecule has 1 amide bonds. The highest BCUT2D eigenvalue weighted by Gasteiger charge is 2.30. The number of ether oxygens (including phenoxy) is 1. The van der Waals surface area contributed by atoms with Crippen molar-refractivity contribution in [3.8, 4) is 5.75 Å². The zero-order chi connectivity index (χ0) is 22.0. The second-order valence-corrected chi connectivity index (χ2v) is 11.4. The lowest BCUT2D eigenvalue weighted by Gasteiger charge is -2.26. The zero-order valence-electron chi connectivity index (χ0n) is 17.8. The number of nitrogens with one attached hydrogen (secondary N) is 1. The van der Waals surface area contributed by atoms with Gasteiger partial charge in [0.1, 0.15) is 5.75 Å². The zero-order valence-corrected chi connectivity index (χ0v) is 19.5. The number of rotatable bonds is 6. The number of anilines is 1. The summed E-state index contributed by atoms with van der Waals surface area (Å²) >= 11 is 1.54. The molecule has 2 aliphatic rings. The van der Waals surface area contributed by atoms with Crippen molar-refractivity contribution in [2.75, 3.05) is 18.4 Å². The molecule has 2 aromatic rings. The van der Waals surface area contributed by atoms with Gasteiger partial charge in [-0.05, 0) is 62.9 Å². The van der Waals surface area contributed by atoms with E-state index in [1.165, 1.54) is 22.1 Å². The van der Waals surface area contributed by atoms with E-state index in [4.69, 9.17) is 4.74 Å². The van der Waals surface area contributed by atoms with E-state index >= 15 is 0 Å². The van der Waals surface area contributed by atoms with Crippen LogP contribution in [0, 0.1) is 0 Å². The van der Waals surface area contributed by atoms with Crippen LogP contribution >= 0.6 is 11.8 Å². The fourth-order valence-corrected chi connectivity index (χ4v) is 6.66. The van der Waals surface area contributed by atoms with E-state index in [-0.39, 0.29) is 22.2 Å². The first-order valence-electron chi connectivity index (χ1n) is 10.7. The summed E-state index contributed by atoms with van der Waals surface area (Å²) in [4.78, 5) is 14.3. The minimum atomic E-state index is -3.61. The number of piperidine rings is 1. The number of carbonyl (C=O) groups excluding carboxylic acids is 1. The van der Waals surface area contributed by atoms with Gasteiger partial charge in [0.25, 0.3) is 0 Å². The molecular formula is C23H28N2O4S2. The number of carbonyl (C=O) groups is 1. The molecule has 0 aliphatic carbocycles. The Bertz CT molecular complexity index is 1040. The largest absolute Gasteiger partial charge is 0.489 e. The average molecular weight is 461 g/mol. The SMILES string of the molecule is CC(C)Oc1ccc(S(=O)(=O)N2CCCCC2)cc1NC(=O)[C@@H]1Cc2ccccc2S1. The number of sulfonamides is 1. The van der Waals surface area contributed by atoms with Crippen molar-refractivity contribution in [1.82, 2.24) is 4.31 Å². The molecule has 31 heavy (non-hydrogen) atoms. The Morgan fingerprint density at radius 1 is 1.13 bits per heavy atom. The van der Waals surface area contributed by atoms with E-state index < -0.39 is 10.0 Å². The van der Waals surface area contributed by atoms with Crippen LogP contribution in [0.1, 0.15) is 38.7 Å². The lowest BCUT2D eigenvalue weighted by atomic mass is 10.1. The number of nitrogens with zero attached hydrogens (tertiary/aromatic N) is 1. The summed E-state index contributed by atoms with van der Waals surface area (Å²) in [6.45, 7) is 4.86. The second-order valence-electron chi connectivity index (χ2n) is 8.20. The van der Waals surface area contributed by atoms with E-state index in [1.807, 2.05) is 38.1 Å². The van der Waals surface area contributed by atoms with Crippen LogP contribution in [-0.2, 0) is 21.2 Å². The molecule has 1 saturated heterocycles. The van der Waals surface area contributed by atoms with Crippen molar-refractivity contribution in [3.05, 3.63) is 48.0 Å². The monoisotopic (exact) mass is 460 g/mol. The molecule has 0 unspecified atom stereocenters. The maximum atomic E-state index is 13.1. The first kappa shape index (κ1) is 22.2. The molecule has 6 nitrogen and oxygen atoms in total. The van der Waals surface area contributed by atoms with Gasteiger partial charge in [-0.2, -0.15) is 4.31 Å². The van der Waals surface area contributed by atoms with E-state index in [1.54, 1.807) is 12.1 Å². The van der Waals surface area contributed by atoms with Crippen LogP contribution in [0.4, 0.5) is 5.69 Å². The Labute approximate surface area is 188 Å². The molecule has 2 heterocycles. The normalized spacial score (nSPS) is 19.3. The highest BCUT2D eigenvalue weighted by Crippen LogP contribution is 2.38. The molecule has 8 heteroatoms. The first-order chi connectivity index (χ1) is 14.8. The summed E-state index contributed by atoms with van der Waals surface area (Å²) in [7, 11) is -3.61. The number of fused-ring (bicyclic) bond motifs is 1.